The van der Waals surface area contributed by atoms with Crippen LogP contribution in [0.15, 0.2) is 65.6 Å². The predicted molar refractivity (Wildman–Crippen MR) is 161 cm³/mol. The quantitative estimate of drug-likeness (QED) is 0.238. The summed E-state index contributed by atoms with van der Waals surface area (Å²) >= 11 is 0. The highest BCUT2D eigenvalue weighted by molar-refractivity contribution is 7.92. The summed E-state index contributed by atoms with van der Waals surface area (Å²) in [6.45, 7) is 9.73. The van der Waals surface area contributed by atoms with Crippen molar-refractivity contribution in [1.82, 2.24) is 15.2 Å². The van der Waals surface area contributed by atoms with Crippen LogP contribution in [0.1, 0.15) is 26.3 Å². The maximum atomic E-state index is 15.0. The third-order valence-electron chi connectivity index (χ3n) is 7.26. The second-order valence-electron chi connectivity index (χ2n) is 11.3. The molecule has 9 nitrogen and oxygen atoms in total. The van der Waals surface area contributed by atoms with Gasteiger partial charge in [0.2, 0.25) is 5.88 Å². The molecule has 1 aliphatic rings. The number of morpholine rings is 1. The highest BCUT2D eigenvalue weighted by atomic mass is 32.2. The van der Waals surface area contributed by atoms with Gasteiger partial charge in [-0.25, -0.2) is 22.0 Å². The number of nitrogens with one attached hydrogen (secondary N) is 3. The van der Waals surface area contributed by atoms with Crippen molar-refractivity contribution in [2.45, 2.75) is 31.1 Å². The molecule has 3 N–H and O–H groups in total. The van der Waals surface area contributed by atoms with Crippen molar-refractivity contribution in [3.63, 3.8) is 0 Å². The summed E-state index contributed by atoms with van der Waals surface area (Å²) in [4.78, 5) is 17.8. The monoisotopic (exact) mass is 612 g/mol. The normalized spacial score (nSPS) is 14.5. The molecule has 0 unspecified atom stereocenters. The molecule has 3 aromatic carbocycles. The maximum absolute atomic E-state index is 15.0. The Hall–Kier alpha value is -4.00. The van der Waals surface area contributed by atoms with Crippen LogP contribution in [0.5, 0.6) is 5.88 Å². The van der Waals surface area contributed by atoms with Gasteiger partial charge in [0.25, 0.3) is 10.0 Å². The van der Waals surface area contributed by atoms with E-state index >= 15 is 8.78 Å². The minimum Gasteiger partial charge on any atom is -0.393 e. The SMILES string of the molecule is CC(C)(C)c1ccc(S(=O)(=O)Nc2ccc3[nH]c(OC(=O)NCCN4CCOCC4)c(-c4c(F)cccc4F)c3c2)cc1. The summed E-state index contributed by atoms with van der Waals surface area (Å²) in [5.74, 6) is -1.92. The van der Waals surface area contributed by atoms with Crippen LogP contribution in [0.4, 0.5) is 19.3 Å². The minimum absolute atomic E-state index is 0.0514. The van der Waals surface area contributed by atoms with Gasteiger partial charge < -0.3 is 19.8 Å². The van der Waals surface area contributed by atoms with Crippen molar-refractivity contribution in [3.05, 3.63) is 77.9 Å². The Morgan fingerprint density at radius 2 is 1.67 bits per heavy atom. The van der Waals surface area contributed by atoms with E-state index in [1.807, 2.05) is 20.8 Å². The molecule has 1 aromatic heterocycles. The van der Waals surface area contributed by atoms with Gasteiger partial charge in [-0.2, -0.15) is 0 Å². The minimum atomic E-state index is -3.99. The molecule has 0 spiro atoms. The standard InChI is InChI=1S/C31H34F2N4O5S/c1-31(2,3)20-7-10-22(11-8-20)43(39,40)36-21-9-12-26-23(19-21)27(28-24(32)5-4-6-25(28)33)29(35-26)42-30(38)34-13-14-37-15-17-41-18-16-37/h4-12,19,35-36H,13-18H2,1-3H3,(H,34,38). The first-order valence-corrected chi connectivity index (χ1v) is 15.4. The largest absolute Gasteiger partial charge is 0.413 e. The zero-order chi connectivity index (χ0) is 30.8. The van der Waals surface area contributed by atoms with Gasteiger partial charge in [0.1, 0.15) is 11.6 Å². The molecule has 5 rings (SSSR count). The number of benzene rings is 3. The molecular formula is C31H34F2N4O5S. The molecule has 1 amide bonds. The molecular weight excluding hydrogens is 578 g/mol. The van der Waals surface area contributed by atoms with Crippen molar-refractivity contribution in [3.8, 4) is 17.0 Å². The second kappa shape index (κ2) is 12.3. The lowest BCUT2D eigenvalue weighted by Gasteiger charge is -2.26. The predicted octanol–water partition coefficient (Wildman–Crippen LogP) is 5.63. The Labute approximate surface area is 249 Å². The van der Waals surface area contributed by atoms with E-state index in [4.69, 9.17) is 9.47 Å². The summed E-state index contributed by atoms with van der Waals surface area (Å²) in [6.07, 6.45) is -0.808. The number of sulfonamides is 1. The van der Waals surface area contributed by atoms with E-state index < -0.39 is 33.3 Å². The molecule has 4 aromatic rings. The van der Waals surface area contributed by atoms with E-state index in [1.165, 1.54) is 30.3 Å². The fourth-order valence-corrected chi connectivity index (χ4v) is 5.96. The van der Waals surface area contributed by atoms with Crippen LogP contribution in [-0.2, 0) is 20.2 Å². The van der Waals surface area contributed by atoms with Crippen LogP contribution < -0.4 is 14.8 Å². The van der Waals surface area contributed by atoms with Gasteiger partial charge in [-0.3, -0.25) is 9.62 Å². The molecule has 0 radical (unpaired) electrons. The maximum Gasteiger partial charge on any atom is 0.413 e. The lowest BCUT2D eigenvalue weighted by atomic mass is 9.87. The highest BCUT2D eigenvalue weighted by Crippen LogP contribution is 2.41. The fourth-order valence-electron chi connectivity index (χ4n) is 4.91. The van der Waals surface area contributed by atoms with Crippen molar-refractivity contribution >= 4 is 32.7 Å². The van der Waals surface area contributed by atoms with E-state index in [9.17, 15) is 13.2 Å². The van der Waals surface area contributed by atoms with E-state index in [0.29, 0.717) is 31.8 Å². The number of carbonyl (C=O) groups is 1. The first kappa shape index (κ1) is 30.5. The lowest BCUT2D eigenvalue weighted by molar-refractivity contribution is 0.0385. The molecule has 1 saturated heterocycles. The van der Waals surface area contributed by atoms with Gasteiger partial charge in [-0.05, 0) is 53.4 Å². The van der Waals surface area contributed by atoms with Crippen LogP contribution >= 0.6 is 0 Å². The van der Waals surface area contributed by atoms with E-state index in [1.54, 1.807) is 18.2 Å². The zero-order valence-corrected chi connectivity index (χ0v) is 25.0. The Morgan fingerprint density at radius 1 is 1.00 bits per heavy atom. The van der Waals surface area contributed by atoms with Gasteiger partial charge in [0.15, 0.2) is 0 Å². The zero-order valence-electron chi connectivity index (χ0n) is 24.2. The smallest absolute Gasteiger partial charge is 0.393 e. The van der Waals surface area contributed by atoms with Crippen molar-refractivity contribution in [1.29, 1.82) is 0 Å². The highest BCUT2D eigenvalue weighted by Gasteiger charge is 2.25. The molecule has 0 atom stereocenters. The molecule has 12 heteroatoms. The number of aromatic nitrogens is 1. The number of anilines is 1. The van der Waals surface area contributed by atoms with E-state index in [2.05, 4.69) is 19.9 Å². The van der Waals surface area contributed by atoms with Crippen LogP contribution in [0, 0.1) is 11.6 Å². The number of halogens is 2. The molecule has 1 fully saturated rings. The van der Waals surface area contributed by atoms with Crippen molar-refractivity contribution < 1.29 is 31.5 Å². The number of hydrogen-bond donors (Lipinski definition) is 3. The Kier molecular flexibility index (Phi) is 8.72. The number of hydrogen-bond acceptors (Lipinski definition) is 6. The molecule has 0 saturated carbocycles. The summed E-state index contributed by atoms with van der Waals surface area (Å²) < 4.78 is 69.9. The van der Waals surface area contributed by atoms with E-state index in [0.717, 1.165) is 30.8 Å². The average Bonchev–Trinajstić information content (AvgIpc) is 3.29. The number of carbonyl (C=O) groups excluding carboxylic acids is 1. The first-order valence-electron chi connectivity index (χ1n) is 13.9. The molecule has 43 heavy (non-hydrogen) atoms. The molecule has 228 valence electrons. The summed E-state index contributed by atoms with van der Waals surface area (Å²) in [5, 5.41) is 2.91. The van der Waals surface area contributed by atoms with Crippen LogP contribution in [0.2, 0.25) is 0 Å². The molecule has 0 aliphatic carbocycles. The Morgan fingerprint density at radius 3 is 2.33 bits per heavy atom. The molecule has 2 heterocycles. The van der Waals surface area contributed by atoms with Gasteiger partial charge in [0.05, 0.1) is 29.2 Å². The van der Waals surface area contributed by atoms with Gasteiger partial charge >= 0.3 is 6.09 Å². The average molecular weight is 613 g/mol. The van der Waals surface area contributed by atoms with Gasteiger partial charge in [0, 0.05) is 42.8 Å². The van der Waals surface area contributed by atoms with Crippen LogP contribution in [0.25, 0.3) is 22.0 Å². The third-order valence-corrected chi connectivity index (χ3v) is 8.65. The lowest BCUT2D eigenvalue weighted by Crippen LogP contribution is -2.41. The van der Waals surface area contributed by atoms with Crippen molar-refractivity contribution in [2.75, 3.05) is 44.1 Å². The van der Waals surface area contributed by atoms with Gasteiger partial charge in [-0.1, -0.05) is 39.0 Å². The summed E-state index contributed by atoms with van der Waals surface area (Å²) in [6, 6.07) is 14.5. The molecule has 1 aliphatic heterocycles. The van der Waals surface area contributed by atoms with Gasteiger partial charge in [-0.15, -0.1) is 0 Å². The first-order chi connectivity index (χ1) is 20.4. The summed E-state index contributed by atoms with van der Waals surface area (Å²) in [5.41, 5.74) is 0.908. The number of nitrogens with zero attached hydrogens (tertiary/aromatic N) is 1. The number of amides is 1. The van der Waals surface area contributed by atoms with Crippen LogP contribution in [-0.4, -0.2) is 63.8 Å². The molecule has 0 bridgehead atoms. The second-order valence-corrected chi connectivity index (χ2v) is 13.0. The third kappa shape index (κ3) is 6.98. The van der Waals surface area contributed by atoms with Crippen LogP contribution in [0.3, 0.4) is 0 Å². The fraction of sp³-hybridized carbons (Fsp3) is 0.323. The Balaban J connectivity index is 1.44. The number of rotatable bonds is 8. The number of fused-ring (bicyclic) bond motifs is 1. The van der Waals surface area contributed by atoms with E-state index in [-0.39, 0.29) is 32.8 Å². The van der Waals surface area contributed by atoms with Crippen molar-refractivity contribution in [2.24, 2.45) is 0 Å². The number of aromatic amines is 1. The topological polar surface area (TPSA) is 113 Å². The number of ether oxygens (including phenoxy) is 2. The summed E-state index contributed by atoms with van der Waals surface area (Å²) in [7, 11) is -3.99. The Bertz CT molecular complexity index is 1710. The number of H-pyrrole nitrogens is 1.